The molecule has 0 heterocycles. The number of aldehydes is 1. The minimum atomic E-state index is -4.82. The Morgan fingerprint density at radius 2 is 0.930 bits per heavy atom. The van der Waals surface area contributed by atoms with Crippen LogP contribution in [0, 0.1) is 0 Å². The lowest BCUT2D eigenvalue weighted by Gasteiger charge is -2.23. The molecule has 22 nitrogen and oxygen atoms in total. The number of rotatable bonds is 20. The summed E-state index contributed by atoms with van der Waals surface area (Å²) < 4.78 is 20.0. The Bertz CT molecular complexity index is 801. The summed E-state index contributed by atoms with van der Waals surface area (Å²) in [6, 6.07) is 0. The van der Waals surface area contributed by atoms with Gasteiger partial charge < -0.3 is 86.3 Å². The molecule has 0 bridgehead atoms. The lowest BCUT2D eigenvalue weighted by molar-refractivity contribution is -0.137. The van der Waals surface area contributed by atoms with Crippen LogP contribution < -0.4 is 0 Å². The predicted octanol–water partition coefficient (Wildman–Crippen LogP) is -10.00. The third kappa shape index (κ3) is 20.2. The normalized spacial score (nSPS) is 19.6. The van der Waals surface area contributed by atoms with E-state index in [1.165, 1.54) is 0 Å². The van der Waals surface area contributed by atoms with Gasteiger partial charge in [0.25, 0.3) is 0 Å². The van der Waals surface area contributed by atoms with Crippen LogP contribution >= 0.6 is 7.82 Å². The second-order valence-electron chi connectivity index (χ2n) is 8.19. The van der Waals surface area contributed by atoms with Crippen molar-refractivity contribution < 1.29 is 109 Å². The molecule has 0 spiro atoms. The molecule has 43 heavy (non-hydrogen) atoms. The highest BCUT2D eigenvalue weighted by Gasteiger charge is 2.31. The molecule has 258 valence electrons. The first kappa shape index (κ1) is 45.9. The molecule has 0 aliphatic rings. The average molecular weight is 665 g/mol. The van der Waals surface area contributed by atoms with Crippen LogP contribution in [0.25, 0.3) is 0 Å². The van der Waals surface area contributed by atoms with Crippen LogP contribution in [0.5, 0.6) is 0 Å². The molecule has 0 aromatic heterocycles. The number of hydrogen-bond acceptors (Lipinski definition) is 21. The van der Waals surface area contributed by atoms with E-state index in [9.17, 15) is 44.3 Å². The molecule has 0 aromatic rings. The number of hydrogen-bond donors (Lipinski definition) is 16. The van der Waals surface area contributed by atoms with Gasteiger partial charge in [-0.15, -0.1) is 0 Å². The number of aliphatic hydroxyl groups excluding tert-OH is 15. The molecule has 16 N–H and O–H groups in total. The van der Waals surface area contributed by atoms with Gasteiger partial charge in [-0.25, -0.2) is 4.57 Å². The minimum absolute atomic E-state index is 0.0869. The summed E-state index contributed by atoms with van der Waals surface area (Å²) in [6.45, 7) is -6.10. The Balaban J connectivity index is -0.000000658. The predicted molar refractivity (Wildman–Crippen MR) is 133 cm³/mol. The van der Waals surface area contributed by atoms with E-state index in [1.807, 2.05) is 0 Å². The summed E-state index contributed by atoms with van der Waals surface area (Å²) in [5, 5.41) is 131. The molecule has 0 rings (SSSR count). The fourth-order valence-electron chi connectivity index (χ4n) is 2.06. The van der Waals surface area contributed by atoms with E-state index in [1.54, 1.807) is 0 Å². The zero-order valence-corrected chi connectivity index (χ0v) is 23.2. The van der Waals surface area contributed by atoms with Crippen molar-refractivity contribution in [1.82, 2.24) is 0 Å². The van der Waals surface area contributed by atoms with Gasteiger partial charge in [0.1, 0.15) is 74.3 Å². The Morgan fingerprint density at radius 3 is 1.28 bits per heavy atom. The molecule has 0 amide bonds. The Labute approximate surface area is 243 Å². The standard InChI is InChI=1S/C10H21O12P.2C5H10O5/c11-1-5(13)9(17)7(15)3-21-23(19,20)22-4-8(16)10(18)6(14)2-12;2*6-1-3(8)5(10)4(9)2-7/h5,7-13,15-18H,1-4H2,(H,19,20);3,5-8,10H,1-2H2;1,3-5,7-10H,2H2/t5-,7+,8-,9+,10-;3-,5+;3-,4+,5+/m110/s1. The molecular weight excluding hydrogens is 623 g/mol. The summed E-state index contributed by atoms with van der Waals surface area (Å²) in [4.78, 5) is 40.2. The van der Waals surface area contributed by atoms with E-state index in [0.717, 1.165) is 0 Å². The van der Waals surface area contributed by atoms with Crippen molar-refractivity contribution in [1.29, 1.82) is 0 Å². The third-order valence-electron chi connectivity index (χ3n) is 4.75. The van der Waals surface area contributed by atoms with Crippen LogP contribution in [0.1, 0.15) is 0 Å². The van der Waals surface area contributed by atoms with Crippen LogP contribution in [0.4, 0.5) is 0 Å². The van der Waals surface area contributed by atoms with E-state index in [0.29, 0.717) is 0 Å². The van der Waals surface area contributed by atoms with Gasteiger partial charge in [-0.1, -0.05) is 0 Å². The summed E-state index contributed by atoms with van der Waals surface area (Å²) in [5.41, 5.74) is 0. The maximum atomic E-state index is 11.4. The third-order valence-corrected chi connectivity index (χ3v) is 5.70. The fraction of sp³-hybridized carbons (Fsp3) is 0.850. The van der Waals surface area contributed by atoms with Gasteiger partial charge >= 0.3 is 7.82 Å². The van der Waals surface area contributed by atoms with Gasteiger partial charge in [0.15, 0.2) is 17.9 Å². The van der Waals surface area contributed by atoms with Crippen molar-refractivity contribution in [2.24, 2.45) is 0 Å². The molecule has 11 atom stereocenters. The molecule has 0 aromatic carbocycles. The van der Waals surface area contributed by atoms with Crippen molar-refractivity contribution in [3.63, 3.8) is 0 Å². The van der Waals surface area contributed by atoms with E-state index in [2.05, 4.69) is 9.05 Å². The second-order valence-corrected chi connectivity index (χ2v) is 9.64. The molecule has 0 aliphatic heterocycles. The van der Waals surface area contributed by atoms with E-state index >= 15 is 0 Å². The van der Waals surface area contributed by atoms with Crippen molar-refractivity contribution in [2.75, 3.05) is 46.2 Å². The molecule has 23 heteroatoms. The van der Waals surface area contributed by atoms with E-state index < -0.39 is 127 Å². The van der Waals surface area contributed by atoms with Crippen molar-refractivity contribution in [3.8, 4) is 0 Å². The van der Waals surface area contributed by atoms with Crippen LogP contribution in [0.2, 0.25) is 0 Å². The summed E-state index contributed by atoms with van der Waals surface area (Å²) in [7, 11) is -4.82. The maximum Gasteiger partial charge on any atom is 0.472 e. The monoisotopic (exact) mass is 664 g/mol. The van der Waals surface area contributed by atoms with Crippen molar-refractivity contribution >= 4 is 25.7 Å². The first-order chi connectivity index (χ1) is 19.8. The Hall–Kier alpha value is -1.48. The first-order valence-electron chi connectivity index (χ1n) is 11.8. The topological polar surface area (TPSA) is 410 Å². The minimum Gasteiger partial charge on any atom is -0.394 e. The first-order valence-corrected chi connectivity index (χ1v) is 13.3. The average Bonchev–Trinajstić information content (AvgIpc) is 3.02. The lowest BCUT2D eigenvalue weighted by atomic mass is 10.1. The molecule has 0 saturated carbocycles. The quantitative estimate of drug-likeness (QED) is 0.0424. The van der Waals surface area contributed by atoms with E-state index in [4.69, 9.17) is 56.2 Å². The van der Waals surface area contributed by atoms with Gasteiger partial charge in [0, 0.05) is 0 Å². The number of phosphoric ester groups is 1. The highest BCUT2D eigenvalue weighted by Crippen LogP contribution is 2.43. The fourth-order valence-corrected chi connectivity index (χ4v) is 2.82. The number of aliphatic hydroxyl groups is 15. The SMILES string of the molecule is O=C(CO)[C@@H](O)[C@H](O)CO.O=C(CO)[C@@H](O)[C@H](O)COP(=O)(O)OC[C@H](O)[C@@H](O)[C@H](O)CO.O=C[C@H](O)[C@@H](O)[C@H](O)CO. The number of carbonyl (C=O) groups excluding carboxylic acids is 3. The Morgan fingerprint density at radius 1 is 0.581 bits per heavy atom. The van der Waals surface area contributed by atoms with Gasteiger partial charge in [-0.2, -0.15) is 0 Å². The zero-order chi connectivity index (χ0) is 34.5. The zero-order valence-electron chi connectivity index (χ0n) is 22.4. The lowest BCUT2D eigenvalue weighted by Crippen LogP contribution is -2.41. The van der Waals surface area contributed by atoms with Gasteiger partial charge in [-0.05, 0) is 0 Å². The van der Waals surface area contributed by atoms with Crippen LogP contribution in [0.15, 0.2) is 0 Å². The van der Waals surface area contributed by atoms with Crippen LogP contribution in [-0.4, -0.2) is 207 Å². The Kier molecular flexibility index (Phi) is 26.5. The van der Waals surface area contributed by atoms with Gasteiger partial charge in [-0.3, -0.25) is 18.6 Å². The van der Waals surface area contributed by atoms with Crippen LogP contribution in [0.3, 0.4) is 0 Å². The molecule has 1 unspecified atom stereocenters. The smallest absolute Gasteiger partial charge is 0.394 e. The second kappa shape index (κ2) is 24.8. The highest BCUT2D eigenvalue weighted by molar-refractivity contribution is 7.47. The van der Waals surface area contributed by atoms with Crippen molar-refractivity contribution in [3.05, 3.63) is 0 Å². The summed E-state index contributed by atoms with van der Waals surface area (Å²) in [6.07, 6.45) is -17.1. The molecule has 0 fully saturated rings. The molecule has 0 radical (unpaired) electrons. The molecule has 0 saturated heterocycles. The number of phosphoric acid groups is 1. The van der Waals surface area contributed by atoms with E-state index in [-0.39, 0.29) is 6.29 Å². The molecular formula is C20H41O22P. The van der Waals surface area contributed by atoms with Crippen molar-refractivity contribution in [2.45, 2.75) is 61.0 Å². The largest absolute Gasteiger partial charge is 0.472 e. The number of carbonyl (C=O) groups is 3. The number of ketones is 2. The summed E-state index contributed by atoms with van der Waals surface area (Å²) >= 11 is 0. The maximum absolute atomic E-state index is 11.4. The molecule has 0 aliphatic carbocycles. The summed E-state index contributed by atoms with van der Waals surface area (Å²) in [5.74, 6) is -2.03. The highest BCUT2D eigenvalue weighted by atomic mass is 31.2. The number of Topliss-reactive ketones (excluding diaryl/α,β-unsaturated/α-hetero) is 2. The van der Waals surface area contributed by atoms with Crippen LogP contribution in [-0.2, 0) is 28.0 Å². The van der Waals surface area contributed by atoms with Gasteiger partial charge in [0.2, 0.25) is 0 Å². The van der Waals surface area contributed by atoms with Gasteiger partial charge in [0.05, 0.1) is 33.0 Å².